The molecule has 0 aromatic carbocycles. The maximum Gasteiger partial charge on any atom is 0.128 e. The third-order valence-electron chi connectivity index (χ3n) is 6.49. The zero-order chi connectivity index (χ0) is 15.8. The third kappa shape index (κ3) is 3.44. The van der Waals surface area contributed by atoms with Gasteiger partial charge in [0, 0.05) is 0 Å². The van der Waals surface area contributed by atoms with E-state index in [2.05, 4.69) is 13.8 Å². The van der Waals surface area contributed by atoms with E-state index in [0.29, 0.717) is 24.2 Å². The van der Waals surface area contributed by atoms with Crippen LogP contribution in [0.1, 0.15) is 72.6 Å². The first-order valence-corrected chi connectivity index (χ1v) is 8.70. The summed E-state index contributed by atoms with van der Waals surface area (Å²) < 4.78 is 14.0. The van der Waals surface area contributed by atoms with Crippen molar-refractivity contribution in [2.24, 2.45) is 23.2 Å². The van der Waals surface area contributed by atoms with Crippen molar-refractivity contribution in [1.82, 2.24) is 0 Å². The highest BCUT2D eigenvalue weighted by Gasteiger charge is 2.52. The number of alkyl halides is 1. The van der Waals surface area contributed by atoms with E-state index in [-0.39, 0.29) is 11.5 Å². The quantitative estimate of drug-likeness (QED) is 0.803. The highest BCUT2D eigenvalue weighted by Crippen LogP contribution is 2.58. The number of rotatable bonds is 5. The van der Waals surface area contributed by atoms with Gasteiger partial charge in [0.05, 0.1) is 11.7 Å². The van der Waals surface area contributed by atoms with Crippen molar-refractivity contribution in [2.45, 2.75) is 90.5 Å². The Kier molecular flexibility index (Phi) is 5.04. The van der Waals surface area contributed by atoms with Crippen molar-refractivity contribution in [3.63, 3.8) is 0 Å². The van der Waals surface area contributed by atoms with Gasteiger partial charge < -0.3 is 10.2 Å². The zero-order valence-corrected chi connectivity index (χ0v) is 14.1. The largest absolute Gasteiger partial charge is 0.393 e. The molecule has 124 valence electrons. The maximum atomic E-state index is 14.0. The van der Waals surface area contributed by atoms with E-state index in [9.17, 15) is 14.6 Å². The van der Waals surface area contributed by atoms with Crippen LogP contribution in [0.5, 0.6) is 0 Å². The molecule has 0 aliphatic heterocycles. The van der Waals surface area contributed by atoms with Crippen molar-refractivity contribution in [3.8, 4) is 0 Å². The van der Waals surface area contributed by atoms with E-state index in [4.69, 9.17) is 0 Å². The van der Waals surface area contributed by atoms with Gasteiger partial charge in [0.15, 0.2) is 0 Å². The molecule has 2 aliphatic carbocycles. The van der Waals surface area contributed by atoms with Gasteiger partial charge in [-0.15, -0.1) is 0 Å². The molecular formula is C18H33FO2. The van der Waals surface area contributed by atoms with Crippen LogP contribution in [0.2, 0.25) is 0 Å². The fourth-order valence-corrected chi connectivity index (χ4v) is 5.09. The number of fused-ring (bicyclic) bond motifs is 1. The van der Waals surface area contributed by atoms with E-state index in [1.165, 1.54) is 12.8 Å². The Morgan fingerprint density at radius 3 is 2.52 bits per heavy atom. The molecule has 3 heteroatoms. The first kappa shape index (κ1) is 17.2. The predicted octanol–water partition coefficient (Wildman–Crippen LogP) is 4.09. The van der Waals surface area contributed by atoms with Crippen molar-refractivity contribution in [3.05, 3.63) is 0 Å². The van der Waals surface area contributed by atoms with Gasteiger partial charge in [-0.2, -0.15) is 0 Å². The Hall–Kier alpha value is -0.150. The van der Waals surface area contributed by atoms with Crippen molar-refractivity contribution >= 4 is 0 Å². The van der Waals surface area contributed by atoms with E-state index >= 15 is 0 Å². The first-order chi connectivity index (χ1) is 9.66. The molecule has 0 saturated heterocycles. The minimum Gasteiger partial charge on any atom is -0.393 e. The van der Waals surface area contributed by atoms with Crippen LogP contribution in [-0.4, -0.2) is 28.1 Å². The lowest BCUT2D eigenvalue weighted by atomic mass is 9.61. The van der Waals surface area contributed by atoms with Gasteiger partial charge in [-0.05, 0) is 75.5 Å². The number of halogens is 1. The van der Waals surface area contributed by atoms with Gasteiger partial charge in [-0.3, -0.25) is 0 Å². The number of aliphatic hydroxyl groups is 2. The van der Waals surface area contributed by atoms with Crippen molar-refractivity contribution in [2.75, 3.05) is 0 Å². The molecule has 2 aliphatic rings. The Balaban J connectivity index is 1.95. The summed E-state index contributed by atoms with van der Waals surface area (Å²) in [7, 11) is 0. The van der Waals surface area contributed by atoms with E-state index in [1.54, 1.807) is 13.8 Å². The van der Waals surface area contributed by atoms with Gasteiger partial charge in [-0.25, -0.2) is 4.39 Å². The topological polar surface area (TPSA) is 40.5 Å². The maximum absolute atomic E-state index is 14.0. The van der Waals surface area contributed by atoms with Crippen LogP contribution in [0.15, 0.2) is 0 Å². The monoisotopic (exact) mass is 300 g/mol. The molecule has 2 fully saturated rings. The lowest BCUT2D eigenvalue weighted by Crippen LogP contribution is -2.41. The molecule has 0 amide bonds. The number of aliphatic hydroxyl groups excluding tert-OH is 1. The van der Waals surface area contributed by atoms with Crippen LogP contribution in [0.25, 0.3) is 0 Å². The molecule has 21 heavy (non-hydrogen) atoms. The first-order valence-electron chi connectivity index (χ1n) is 8.70. The standard InChI is InChI=1S/C18H33FO2/c1-12(7-10-16(19)17(2,3)21)13-8-9-14-15(20)6-5-11-18(13,14)4/h12-16,20-21H,5-11H2,1-4H3/t12-,13-,14+,15+,16-,18-/m1/s1. The van der Waals surface area contributed by atoms with Gasteiger partial charge in [0.25, 0.3) is 0 Å². The van der Waals surface area contributed by atoms with Crippen molar-refractivity contribution < 1.29 is 14.6 Å². The summed E-state index contributed by atoms with van der Waals surface area (Å²) in [5.41, 5.74) is -1.000. The lowest BCUT2D eigenvalue weighted by Gasteiger charge is -2.45. The number of hydrogen-bond acceptors (Lipinski definition) is 2. The second-order valence-electron chi connectivity index (χ2n) is 8.43. The molecule has 2 N–H and O–H groups in total. The molecule has 2 saturated carbocycles. The highest BCUT2D eigenvalue weighted by molar-refractivity contribution is 5.01. The fourth-order valence-electron chi connectivity index (χ4n) is 5.09. The van der Waals surface area contributed by atoms with Crippen LogP contribution in [0.3, 0.4) is 0 Å². The summed E-state index contributed by atoms with van der Waals surface area (Å²) in [4.78, 5) is 0. The molecule has 0 bridgehead atoms. The van der Waals surface area contributed by atoms with Crippen LogP contribution in [-0.2, 0) is 0 Å². The predicted molar refractivity (Wildman–Crippen MR) is 83.8 cm³/mol. The van der Waals surface area contributed by atoms with E-state index < -0.39 is 11.8 Å². The van der Waals surface area contributed by atoms with Gasteiger partial charge in [0.1, 0.15) is 6.17 Å². The summed E-state index contributed by atoms with van der Waals surface area (Å²) in [6.07, 6.45) is 5.54. The van der Waals surface area contributed by atoms with Crippen molar-refractivity contribution in [1.29, 1.82) is 0 Å². The Bertz CT molecular complexity index is 352. The lowest BCUT2D eigenvalue weighted by molar-refractivity contribution is -0.0329. The van der Waals surface area contributed by atoms with Crippen LogP contribution in [0.4, 0.5) is 4.39 Å². The molecule has 0 spiro atoms. The number of hydrogen-bond donors (Lipinski definition) is 2. The Morgan fingerprint density at radius 2 is 1.90 bits per heavy atom. The van der Waals surface area contributed by atoms with Crippen LogP contribution >= 0.6 is 0 Å². The zero-order valence-electron chi connectivity index (χ0n) is 14.1. The molecule has 6 atom stereocenters. The second kappa shape index (κ2) is 6.16. The van der Waals surface area contributed by atoms with E-state index in [1.807, 2.05) is 0 Å². The Labute approximate surface area is 129 Å². The highest BCUT2D eigenvalue weighted by atomic mass is 19.1. The van der Waals surface area contributed by atoms with Gasteiger partial charge in [0.2, 0.25) is 0 Å². The summed E-state index contributed by atoms with van der Waals surface area (Å²) in [5, 5.41) is 20.0. The SMILES string of the molecule is C[C@H](CC[C@@H](F)C(C)(C)O)[C@H]1CC[C@H]2[C@@H](O)CCC[C@]12C. The molecular weight excluding hydrogens is 267 g/mol. The molecule has 0 aromatic rings. The van der Waals surface area contributed by atoms with Gasteiger partial charge in [-0.1, -0.05) is 20.3 Å². The normalized spacial score (nSPS) is 39.9. The smallest absolute Gasteiger partial charge is 0.128 e. The molecule has 0 heterocycles. The molecule has 2 nitrogen and oxygen atoms in total. The summed E-state index contributed by atoms with van der Waals surface area (Å²) >= 11 is 0. The third-order valence-corrected chi connectivity index (χ3v) is 6.49. The molecule has 0 unspecified atom stereocenters. The van der Waals surface area contributed by atoms with Crippen LogP contribution < -0.4 is 0 Å². The van der Waals surface area contributed by atoms with Crippen LogP contribution in [0, 0.1) is 23.2 Å². The summed E-state index contributed by atoms with van der Waals surface area (Å²) in [6.45, 7) is 7.67. The Morgan fingerprint density at radius 1 is 1.24 bits per heavy atom. The van der Waals surface area contributed by atoms with E-state index in [0.717, 1.165) is 25.7 Å². The summed E-state index contributed by atoms with van der Waals surface area (Å²) in [5.74, 6) is 1.49. The second-order valence-corrected chi connectivity index (χ2v) is 8.43. The average molecular weight is 300 g/mol. The average Bonchev–Trinajstić information content (AvgIpc) is 2.73. The fraction of sp³-hybridized carbons (Fsp3) is 1.00. The minimum absolute atomic E-state index is 0.133. The van der Waals surface area contributed by atoms with Gasteiger partial charge >= 0.3 is 0 Å². The minimum atomic E-state index is -1.23. The summed E-state index contributed by atoms with van der Waals surface area (Å²) in [6, 6.07) is 0. The molecule has 0 aromatic heterocycles. The molecule has 2 rings (SSSR count). The molecule has 0 radical (unpaired) electrons.